The summed E-state index contributed by atoms with van der Waals surface area (Å²) in [7, 11) is 2.33. The maximum atomic E-state index is 11.3. The minimum Gasteiger partial charge on any atom is -0.400 e. The average Bonchev–Trinajstić information content (AvgIpc) is 3.40. The van der Waals surface area contributed by atoms with Gasteiger partial charge in [-0.05, 0) is 17.3 Å². The van der Waals surface area contributed by atoms with Crippen LogP contribution in [-0.2, 0) is 33.6 Å². The molecule has 3 aliphatic rings. The summed E-state index contributed by atoms with van der Waals surface area (Å²) < 4.78 is 0. The van der Waals surface area contributed by atoms with E-state index in [-0.39, 0.29) is 45.3 Å². The highest BCUT2D eigenvalue weighted by Gasteiger charge is 2.39. The number of aliphatic hydroxyl groups excluding tert-OH is 1. The van der Waals surface area contributed by atoms with Gasteiger partial charge in [-0.1, -0.05) is 20.8 Å². The molecule has 0 spiro atoms. The van der Waals surface area contributed by atoms with E-state index < -0.39 is 23.6 Å². The first-order chi connectivity index (χ1) is 17.0. The van der Waals surface area contributed by atoms with E-state index in [0.29, 0.717) is 0 Å². The van der Waals surface area contributed by atoms with Crippen LogP contribution in [0.3, 0.4) is 0 Å². The van der Waals surface area contributed by atoms with Gasteiger partial charge in [-0.25, -0.2) is 0 Å². The predicted molar refractivity (Wildman–Crippen MR) is 136 cm³/mol. The van der Waals surface area contributed by atoms with Crippen molar-refractivity contribution in [3.05, 3.63) is 12.2 Å². The summed E-state index contributed by atoms with van der Waals surface area (Å²) in [5.41, 5.74) is 0. The van der Waals surface area contributed by atoms with Crippen molar-refractivity contribution in [3.8, 4) is 0 Å². The highest BCUT2D eigenvalue weighted by molar-refractivity contribution is 8.00. The Morgan fingerprint density at radius 2 is 1.22 bits per heavy atom. The van der Waals surface area contributed by atoms with Crippen LogP contribution in [0.4, 0.5) is 0 Å². The van der Waals surface area contributed by atoms with Gasteiger partial charge in [-0.2, -0.15) is 22.8 Å². The van der Waals surface area contributed by atoms with Crippen LogP contribution in [0.2, 0.25) is 0 Å². The Bertz CT molecular complexity index is 779. The predicted octanol–water partition coefficient (Wildman–Crippen LogP) is 0.530. The van der Waals surface area contributed by atoms with Gasteiger partial charge in [-0.3, -0.25) is 44.0 Å². The number of thioether (sulfide) groups is 2. The molecule has 0 aromatic heterocycles. The lowest BCUT2D eigenvalue weighted by Crippen LogP contribution is -2.30. The molecule has 2 saturated heterocycles. The maximum absolute atomic E-state index is 11.3. The van der Waals surface area contributed by atoms with Gasteiger partial charge in [0.2, 0.25) is 0 Å². The molecule has 16 heteroatoms. The van der Waals surface area contributed by atoms with Crippen LogP contribution in [0.25, 0.3) is 0 Å². The average molecular weight is 572 g/mol. The number of imide groups is 3. The van der Waals surface area contributed by atoms with Gasteiger partial charge in [0.1, 0.15) is 0 Å². The second kappa shape index (κ2) is 20.1. The molecule has 36 heavy (non-hydrogen) atoms. The Hall–Kier alpha value is -1.95. The number of rotatable bonds is 5. The van der Waals surface area contributed by atoms with Crippen molar-refractivity contribution < 1.29 is 49.1 Å². The highest BCUT2D eigenvalue weighted by Crippen LogP contribution is 2.24. The highest BCUT2D eigenvalue weighted by atomic mass is 32.2. The fourth-order valence-corrected chi connectivity index (χ4v) is 4.23. The summed E-state index contributed by atoms with van der Waals surface area (Å²) in [6.07, 6.45) is 2.41. The molecule has 0 aromatic carbocycles. The van der Waals surface area contributed by atoms with Gasteiger partial charge >= 0.3 is 0 Å². The molecule has 3 rings (SSSR count). The summed E-state index contributed by atoms with van der Waals surface area (Å²) in [4.78, 5) is 69.0. The van der Waals surface area contributed by atoms with Crippen LogP contribution < -0.4 is 0 Å². The van der Waals surface area contributed by atoms with Crippen molar-refractivity contribution in [1.29, 1.82) is 0 Å². The minimum absolute atomic E-state index is 0.0556. The van der Waals surface area contributed by atoms with E-state index in [9.17, 15) is 28.8 Å². The van der Waals surface area contributed by atoms with Crippen molar-refractivity contribution in [2.24, 2.45) is 0 Å². The van der Waals surface area contributed by atoms with E-state index in [0.717, 1.165) is 41.6 Å². The molecule has 0 aliphatic carbocycles. The molecule has 0 radical (unpaired) electrons. The van der Waals surface area contributed by atoms with Gasteiger partial charge < -0.3 is 5.11 Å². The number of carbonyl (C=O) groups excluding carboxylic acids is 6. The second-order valence-corrected chi connectivity index (χ2v) is 9.78. The third-order valence-corrected chi connectivity index (χ3v) is 6.05. The first-order valence-corrected chi connectivity index (χ1v) is 13.2. The van der Waals surface area contributed by atoms with Crippen LogP contribution in [-0.4, -0.2) is 108 Å². The van der Waals surface area contributed by atoms with Crippen molar-refractivity contribution >= 4 is 71.6 Å². The molecule has 13 nitrogen and oxygen atoms in total. The lowest BCUT2D eigenvalue weighted by molar-refractivity contribution is -0.179. The summed E-state index contributed by atoms with van der Waals surface area (Å²) in [5, 5.41) is 24.6. The SMILES string of the molecule is CCS.CCSC1CC(=O)N(O)C1=O.CCSC1CC(=O)N(OC)C1=O.CO.O=C1C=CC(=O)N1O. The van der Waals surface area contributed by atoms with E-state index in [2.05, 4.69) is 17.5 Å². The third kappa shape index (κ3) is 11.9. The van der Waals surface area contributed by atoms with Crippen molar-refractivity contribution in [1.82, 2.24) is 15.2 Å². The standard InChI is InChI=1S/C7H11NO3S.C6H9NO3S.C4H3NO3.C2H6S.CH4O/c1-3-12-5-4-6(9)8(11-2)7(5)10;1-2-11-4-3-5(8)7(10)6(4)9;6-3-1-2-4(7)5(3)8;1-2-3;1-2/h5H,3-4H2,1-2H3;4,10H,2-3H2,1H3;1-2,8H;3H,2H2,1H3;2H,1H3. The molecule has 206 valence electrons. The molecule has 3 heterocycles. The molecule has 0 aromatic rings. The normalized spacial score (nSPS) is 20.3. The molecule has 2 fully saturated rings. The lowest BCUT2D eigenvalue weighted by atomic mass is 10.4. The smallest absolute Gasteiger partial charge is 0.277 e. The van der Waals surface area contributed by atoms with E-state index >= 15 is 0 Å². The summed E-state index contributed by atoms with van der Waals surface area (Å²) >= 11 is 6.65. The number of carbonyl (C=O) groups is 6. The van der Waals surface area contributed by atoms with Gasteiger partial charge in [0, 0.05) is 19.3 Å². The number of hydrogen-bond donors (Lipinski definition) is 4. The first kappa shape index (κ1) is 36.2. The molecule has 3 N–H and O–H groups in total. The fraction of sp³-hybridized carbons (Fsp3) is 0.600. The number of hydrogen-bond acceptors (Lipinski definition) is 13. The molecule has 0 bridgehead atoms. The zero-order chi connectivity index (χ0) is 28.4. The summed E-state index contributed by atoms with van der Waals surface area (Å²) in [6, 6.07) is 0. The van der Waals surface area contributed by atoms with E-state index in [1.54, 1.807) is 0 Å². The number of hydroxylamine groups is 6. The maximum Gasteiger partial charge on any atom is 0.277 e. The molecule has 2 unspecified atom stereocenters. The Kier molecular flexibility index (Phi) is 20.3. The van der Waals surface area contributed by atoms with Crippen LogP contribution in [0.15, 0.2) is 12.2 Å². The molecule has 6 amide bonds. The number of aliphatic hydroxyl groups is 1. The summed E-state index contributed by atoms with van der Waals surface area (Å²) in [6.45, 7) is 5.85. The fourth-order valence-electron chi connectivity index (χ4n) is 2.42. The van der Waals surface area contributed by atoms with Crippen LogP contribution in [0.5, 0.6) is 0 Å². The minimum atomic E-state index is -0.685. The monoisotopic (exact) mass is 571 g/mol. The van der Waals surface area contributed by atoms with Gasteiger partial charge in [0.25, 0.3) is 35.4 Å². The van der Waals surface area contributed by atoms with Crippen LogP contribution in [0.1, 0.15) is 33.6 Å². The van der Waals surface area contributed by atoms with Crippen molar-refractivity contribution in [2.75, 3.05) is 31.5 Å². The van der Waals surface area contributed by atoms with Gasteiger partial charge in [0.05, 0.1) is 30.5 Å². The van der Waals surface area contributed by atoms with Crippen LogP contribution >= 0.6 is 36.2 Å². The zero-order valence-electron chi connectivity index (χ0n) is 20.6. The third-order valence-electron chi connectivity index (χ3n) is 3.85. The Labute approximate surface area is 223 Å². The van der Waals surface area contributed by atoms with E-state index in [1.807, 2.05) is 20.8 Å². The number of nitrogens with zero attached hydrogens (tertiary/aromatic N) is 3. The lowest BCUT2D eigenvalue weighted by Gasteiger charge is -2.09. The van der Waals surface area contributed by atoms with Crippen molar-refractivity contribution in [3.63, 3.8) is 0 Å². The van der Waals surface area contributed by atoms with Crippen molar-refractivity contribution in [2.45, 2.75) is 44.1 Å². The molecule has 0 saturated carbocycles. The molecule has 2 atom stereocenters. The summed E-state index contributed by atoms with van der Waals surface area (Å²) in [5.74, 6) is -0.269. The topological polar surface area (TPSA) is 182 Å². The largest absolute Gasteiger partial charge is 0.400 e. The molecular weight excluding hydrogens is 538 g/mol. The molecule has 3 aliphatic heterocycles. The Morgan fingerprint density at radius 3 is 1.47 bits per heavy atom. The first-order valence-electron chi connectivity index (χ1n) is 10.5. The van der Waals surface area contributed by atoms with Gasteiger partial charge in [0.15, 0.2) is 0 Å². The van der Waals surface area contributed by atoms with Gasteiger partial charge in [-0.15, -0.1) is 28.6 Å². The second-order valence-electron chi connectivity index (χ2n) is 6.19. The van der Waals surface area contributed by atoms with E-state index in [1.165, 1.54) is 30.6 Å². The zero-order valence-corrected chi connectivity index (χ0v) is 23.2. The number of amides is 6. The molecular formula is C20H33N3O10S3. The number of thiol groups is 1. The Morgan fingerprint density at radius 1 is 0.833 bits per heavy atom. The quantitative estimate of drug-likeness (QED) is 0.204. The van der Waals surface area contributed by atoms with E-state index in [4.69, 9.17) is 15.5 Å². The Balaban J connectivity index is 0. The van der Waals surface area contributed by atoms with Crippen LogP contribution in [0, 0.1) is 0 Å².